The van der Waals surface area contributed by atoms with Crippen molar-refractivity contribution in [2.24, 2.45) is 7.05 Å². The predicted molar refractivity (Wildman–Crippen MR) is 71.6 cm³/mol. The second-order valence-electron chi connectivity index (χ2n) is 3.80. The molecule has 0 amide bonds. The van der Waals surface area contributed by atoms with Gasteiger partial charge in [-0.15, -0.1) is 5.10 Å². The molecule has 1 aromatic carbocycles. The fourth-order valence-electron chi connectivity index (χ4n) is 1.77. The lowest BCUT2D eigenvalue weighted by Gasteiger charge is -2.06. The number of aryl methyl sites for hydroxylation is 1. The Morgan fingerprint density at radius 1 is 1.17 bits per heavy atom. The van der Waals surface area contributed by atoms with Gasteiger partial charge in [-0.05, 0) is 28.1 Å². The molecule has 2 heterocycles. The van der Waals surface area contributed by atoms with Gasteiger partial charge < -0.3 is 5.73 Å². The van der Waals surface area contributed by atoms with Gasteiger partial charge in [0.15, 0.2) is 10.4 Å². The van der Waals surface area contributed by atoms with E-state index in [9.17, 15) is 0 Å². The van der Waals surface area contributed by atoms with Crippen LogP contribution in [0.3, 0.4) is 0 Å². The Balaban J connectivity index is 2.33. The molecule has 0 fully saturated rings. The third kappa shape index (κ3) is 1.63. The Morgan fingerprint density at radius 2 is 1.83 bits per heavy atom. The molecule has 90 valence electrons. The lowest BCUT2D eigenvalue weighted by molar-refractivity contribution is 0.719. The summed E-state index contributed by atoms with van der Waals surface area (Å²) < 4.78 is 2.21. The summed E-state index contributed by atoms with van der Waals surface area (Å²) in [4.78, 5) is 8.86. The minimum atomic E-state index is 0.361. The van der Waals surface area contributed by atoms with E-state index in [1.807, 2.05) is 24.3 Å². The number of aromatic nitrogens is 5. The molecule has 0 saturated carbocycles. The maximum atomic E-state index is 5.95. The van der Waals surface area contributed by atoms with E-state index in [-0.39, 0.29) is 0 Å². The first-order valence-electron chi connectivity index (χ1n) is 5.24. The number of rotatable bonds is 1. The number of hydrogen-bond donors (Lipinski definition) is 1. The van der Waals surface area contributed by atoms with Crippen molar-refractivity contribution in [2.45, 2.75) is 0 Å². The van der Waals surface area contributed by atoms with E-state index in [1.54, 1.807) is 11.7 Å². The van der Waals surface area contributed by atoms with E-state index in [0.29, 0.717) is 21.8 Å². The summed E-state index contributed by atoms with van der Waals surface area (Å²) in [6.07, 6.45) is 0. The fraction of sp³-hybridized carbons (Fsp3) is 0.0909. The van der Waals surface area contributed by atoms with Crippen LogP contribution in [0.5, 0.6) is 0 Å². The van der Waals surface area contributed by atoms with Gasteiger partial charge in [-0.1, -0.05) is 17.3 Å². The van der Waals surface area contributed by atoms with Gasteiger partial charge in [-0.2, -0.15) is 0 Å². The molecule has 0 unspecified atom stereocenters. The Labute approximate surface area is 111 Å². The summed E-state index contributed by atoms with van der Waals surface area (Å²) in [7, 11) is 1.78. The van der Waals surface area contributed by atoms with E-state index in [2.05, 4.69) is 36.2 Å². The summed E-state index contributed by atoms with van der Waals surface area (Å²) in [5, 5.41) is 7.83. The number of para-hydroxylation sites is 2. The number of nitrogen functional groups attached to an aromatic ring is 1. The van der Waals surface area contributed by atoms with Gasteiger partial charge in [0.25, 0.3) is 0 Å². The van der Waals surface area contributed by atoms with Gasteiger partial charge in [-0.25, -0.2) is 14.6 Å². The predicted octanol–water partition coefficient (Wildman–Crippen LogP) is 1.77. The van der Waals surface area contributed by atoms with Crippen molar-refractivity contribution in [1.82, 2.24) is 25.0 Å². The maximum Gasteiger partial charge on any atom is 0.158 e. The number of hydrogen-bond acceptors (Lipinski definition) is 5. The molecule has 0 atom stereocenters. The minimum absolute atomic E-state index is 0.361. The first kappa shape index (κ1) is 11.1. The Bertz CT molecular complexity index is 716. The van der Waals surface area contributed by atoms with E-state index >= 15 is 0 Å². The molecule has 18 heavy (non-hydrogen) atoms. The van der Waals surface area contributed by atoms with Crippen molar-refractivity contribution >= 4 is 32.8 Å². The molecule has 6 nitrogen and oxygen atoms in total. The molecule has 0 aliphatic rings. The topological polar surface area (TPSA) is 82.5 Å². The van der Waals surface area contributed by atoms with Crippen LogP contribution >= 0.6 is 15.9 Å². The van der Waals surface area contributed by atoms with Crippen LogP contribution in [0.25, 0.3) is 22.4 Å². The maximum absolute atomic E-state index is 5.95. The van der Waals surface area contributed by atoms with Gasteiger partial charge in [-0.3, -0.25) is 0 Å². The molecule has 0 radical (unpaired) electrons. The highest BCUT2D eigenvalue weighted by Gasteiger charge is 2.16. The molecule has 0 aliphatic carbocycles. The number of anilines is 1. The molecular weight excluding hydrogens is 296 g/mol. The van der Waals surface area contributed by atoms with Crippen molar-refractivity contribution in [3.63, 3.8) is 0 Å². The zero-order valence-corrected chi connectivity index (χ0v) is 11.1. The number of nitrogens with zero attached hydrogens (tertiary/aromatic N) is 5. The van der Waals surface area contributed by atoms with Crippen molar-refractivity contribution < 1.29 is 0 Å². The van der Waals surface area contributed by atoms with Crippen molar-refractivity contribution in [3.8, 4) is 11.4 Å². The molecule has 0 saturated heterocycles. The number of nitrogens with two attached hydrogens (primary N) is 1. The molecule has 3 rings (SSSR count). The highest BCUT2D eigenvalue weighted by Crippen LogP contribution is 2.28. The SMILES string of the molecule is Cn1nnc(Br)c1-c1nc2ccccc2nc1N. The van der Waals surface area contributed by atoms with Gasteiger partial charge in [0.05, 0.1) is 11.0 Å². The smallest absolute Gasteiger partial charge is 0.158 e. The van der Waals surface area contributed by atoms with Gasteiger partial charge in [0.1, 0.15) is 11.4 Å². The van der Waals surface area contributed by atoms with Crippen LogP contribution in [-0.2, 0) is 7.05 Å². The van der Waals surface area contributed by atoms with Crippen LogP contribution in [0.4, 0.5) is 5.82 Å². The Morgan fingerprint density at radius 3 is 2.44 bits per heavy atom. The molecule has 0 spiro atoms. The summed E-state index contributed by atoms with van der Waals surface area (Å²) in [5.74, 6) is 0.361. The van der Waals surface area contributed by atoms with Crippen molar-refractivity contribution in [1.29, 1.82) is 0 Å². The average molecular weight is 305 g/mol. The zero-order chi connectivity index (χ0) is 12.7. The lowest BCUT2D eigenvalue weighted by atomic mass is 10.2. The summed E-state index contributed by atoms with van der Waals surface area (Å²) in [6, 6.07) is 7.58. The van der Waals surface area contributed by atoms with Crippen LogP contribution in [0.1, 0.15) is 0 Å². The normalized spacial score (nSPS) is 11.0. The lowest BCUT2D eigenvalue weighted by Crippen LogP contribution is -2.02. The summed E-state index contributed by atoms with van der Waals surface area (Å²) >= 11 is 3.33. The quantitative estimate of drug-likeness (QED) is 0.741. The molecule has 7 heteroatoms. The first-order chi connectivity index (χ1) is 8.66. The first-order valence-corrected chi connectivity index (χ1v) is 6.04. The largest absolute Gasteiger partial charge is 0.382 e. The molecule has 0 bridgehead atoms. The second kappa shape index (κ2) is 4.02. The molecule has 0 aliphatic heterocycles. The fourth-order valence-corrected chi connectivity index (χ4v) is 2.29. The minimum Gasteiger partial charge on any atom is -0.382 e. The highest BCUT2D eigenvalue weighted by molar-refractivity contribution is 9.10. The third-order valence-corrected chi connectivity index (χ3v) is 3.14. The van der Waals surface area contributed by atoms with Crippen LogP contribution < -0.4 is 5.73 Å². The second-order valence-corrected chi connectivity index (χ2v) is 4.55. The molecule has 2 aromatic heterocycles. The van der Waals surface area contributed by atoms with Gasteiger partial charge >= 0.3 is 0 Å². The van der Waals surface area contributed by atoms with Crippen LogP contribution in [-0.4, -0.2) is 25.0 Å². The summed E-state index contributed by atoms with van der Waals surface area (Å²) in [6.45, 7) is 0. The van der Waals surface area contributed by atoms with E-state index in [4.69, 9.17) is 5.73 Å². The molecule has 2 N–H and O–H groups in total. The van der Waals surface area contributed by atoms with Crippen LogP contribution in [0.2, 0.25) is 0 Å². The summed E-state index contributed by atoms with van der Waals surface area (Å²) in [5.41, 5.74) is 8.80. The number of fused-ring (bicyclic) bond motifs is 1. The van der Waals surface area contributed by atoms with Gasteiger partial charge in [0, 0.05) is 7.05 Å². The van der Waals surface area contributed by atoms with Crippen LogP contribution in [0, 0.1) is 0 Å². The highest BCUT2D eigenvalue weighted by atomic mass is 79.9. The standard InChI is InChI=1S/C11H9BrN6/c1-18-9(10(12)16-17-18)8-11(13)15-7-5-3-2-4-6(7)14-8/h2-5H,1H3,(H2,13,15). The zero-order valence-electron chi connectivity index (χ0n) is 9.50. The Hall–Kier alpha value is -2.02. The monoisotopic (exact) mass is 304 g/mol. The molecule has 3 aromatic rings. The number of halogens is 1. The Kier molecular flexibility index (Phi) is 2.48. The molecular formula is C11H9BrN6. The van der Waals surface area contributed by atoms with Crippen LogP contribution in [0.15, 0.2) is 28.9 Å². The third-order valence-electron chi connectivity index (χ3n) is 2.61. The number of benzene rings is 1. The van der Waals surface area contributed by atoms with E-state index in [0.717, 1.165) is 11.0 Å². The average Bonchev–Trinajstić information content (AvgIpc) is 2.68. The van der Waals surface area contributed by atoms with Crippen molar-refractivity contribution in [3.05, 3.63) is 28.9 Å². The van der Waals surface area contributed by atoms with E-state index < -0.39 is 0 Å². The van der Waals surface area contributed by atoms with E-state index in [1.165, 1.54) is 0 Å². The van der Waals surface area contributed by atoms with Gasteiger partial charge in [0.2, 0.25) is 0 Å². The van der Waals surface area contributed by atoms with Crippen molar-refractivity contribution in [2.75, 3.05) is 5.73 Å².